The van der Waals surface area contributed by atoms with Crippen LogP contribution in [0.2, 0.25) is 0 Å². The summed E-state index contributed by atoms with van der Waals surface area (Å²) in [5.74, 6) is 0.643. The van der Waals surface area contributed by atoms with E-state index in [4.69, 9.17) is 10.5 Å². The van der Waals surface area contributed by atoms with E-state index in [1.807, 2.05) is 0 Å². The van der Waals surface area contributed by atoms with Crippen molar-refractivity contribution in [1.82, 2.24) is 9.88 Å². The van der Waals surface area contributed by atoms with Gasteiger partial charge in [-0.05, 0) is 26.0 Å². The Morgan fingerprint density at radius 3 is 2.87 bits per heavy atom. The molecule has 1 aliphatic heterocycles. The number of piperidine rings is 1. The summed E-state index contributed by atoms with van der Waals surface area (Å²) < 4.78 is 5.77. The molecule has 1 aromatic rings. The lowest BCUT2D eigenvalue weighted by molar-refractivity contribution is 0.110. The van der Waals surface area contributed by atoms with Gasteiger partial charge in [-0.15, -0.1) is 0 Å². The molecule has 15 heavy (non-hydrogen) atoms. The minimum Gasteiger partial charge on any atom is -0.474 e. The maximum atomic E-state index is 5.77. The Balaban J connectivity index is 1.92. The van der Waals surface area contributed by atoms with Crippen LogP contribution < -0.4 is 10.5 Å². The van der Waals surface area contributed by atoms with E-state index in [-0.39, 0.29) is 6.10 Å². The first-order chi connectivity index (χ1) is 7.24. The Labute approximate surface area is 90.0 Å². The molecule has 0 unspecified atom stereocenters. The average molecular weight is 207 g/mol. The van der Waals surface area contributed by atoms with E-state index < -0.39 is 0 Å². The zero-order valence-electron chi connectivity index (χ0n) is 9.02. The number of nitrogen functional groups attached to an aromatic ring is 1. The number of anilines is 1. The van der Waals surface area contributed by atoms with Gasteiger partial charge in [0.05, 0.1) is 0 Å². The summed E-state index contributed by atoms with van der Waals surface area (Å²) in [6, 6.07) is 3.54. The van der Waals surface area contributed by atoms with Gasteiger partial charge >= 0.3 is 0 Å². The van der Waals surface area contributed by atoms with Crippen molar-refractivity contribution in [2.45, 2.75) is 18.9 Å². The maximum absolute atomic E-state index is 5.77. The van der Waals surface area contributed by atoms with E-state index in [1.165, 1.54) is 0 Å². The van der Waals surface area contributed by atoms with Gasteiger partial charge < -0.3 is 15.4 Å². The van der Waals surface area contributed by atoms with Crippen LogP contribution >= 0.6 is 0 Å². The lowest BCUT2D eigenvalue weighted by Crippen LogP contribution is -2.35. The summed E-state index contributed by atoms with van der Waals surface area (Å²) in [5, 5.41) is 0. The molecule has 4 heteroatoms. The quantitative estimate of drug-likeness (QED) is 0.790. The molecule has 2 N–H and O–H groups in total. The highest BCUT2D eigenvalue weighted by Crippen LogP contribution is 2.17. The monoisotopic (exact) mass is 207 g/mol. The summed E-state index contributed by atoms with van der Waals surface area (Å²) in [6.45, 7) is 2.18. The third-order valence-electron chi connectivity index (χ3n) is 2.71. The lowest BCUT2D eigenvalue weighted by Gasteiger charge is -2.28. The number of nitrogens with two attached hydrogens (primary N) is 1. The zero-order valence-corrected chi connectivity index (χ0v) is 9.02. The summed E-state index contributed by atoms with van der Waals surface area (Å²) in [6.07, 6.45) is 4.09. The molecule has 0 aliphatic carbocycles. The number of likely N-dealkylation sites (tertiary alicyclic amines) is 1. The van der Waals surface area contributed by atoms with Crippen molar-refractivity contribution in [1.29, 1.82) is 0 Å². The highest BCUT2D eigenvalue weighted by molar-refractivity contribution is 5.39. The standard InChI is InChI=1S/C11H17N3O/c1-14-6-3-10(4-7-14)15-11-8-9(12)2-5-13-11/h2,5,8,10H,3-4,6-7H2,1H3,(H2,12,13). The van der Waals surface area contributed by atoms with Crippen molar-refractivity contribution in [3.05, 3.63) is 18.3 Å². The van der Waals surface area contributed by atoms with Crippen LogP contribution in [0.25, 0.3) is 0 Å². The minimum absolute atomic E-state index is 0.287. The molecule has 1 aromatic heterocycles. The molecule has 0 saturated carbocycles. The van der Waals surface area contributed by atoms with Gasteiger partial charge in [0.2, 0.25) is 5.88 Å². The molecular formula is C11H17N3O. The molecule has 82 valence electrons. The van der Waals surface area contributed by atoms with Crippen molar-refractivity contribution in [3.63, 3.8) is 0 Å². The van der Waals surface area contributed by atoms with Gasteiger partial charge in [0.1, 0.15) is 6.10 Å². The molecule has 0 bridgehead atoms. The minimum atomic E-state index is 0.287. The molecule has 1 fully saturated rings. The average Bonchev–Trinajstić information content (AvgIpc) is 2.22. The lowest BCUT2D eigenvalue weighted by atomic mass is 10.1. The number of rotatable bonds is 2. The van der Waals surface area contributed by atoms with Crippen LogP contribution in [0.4, 0.5) is 5.69 Å². The van der Waals surface area contributed by atoms with Gasteiger partial charge in [-0.2, -0.15) is 0 Å². The highest BCUT2D eigenvalue weighted by Gasteiger charge is 2.18. The largest absolute Gasteiger partial charge is 0.474 e. The first-order valence-electron chi connectivity index (χ1n) is 5.31. The number of nitrogens with zero attached hydrogens (tertiary/aromatic N) is 2. The van der Waals surface area contributed by atoms with Crippen LogP contribution in [0.1, 0.15) is 12.8 Å². The Morgan fingerprint density at radius 2 is 2.20 bits per heavy atom. The fourth-order valence-electron chi connectivity index (χ4n) is 1.76. The van der Waals surface area contributed by atoms with Crippen LogP contribution in [-0.4, -0.2) is 36.1 Å². The van der Waals surface area contributed by atoms with E-state index in [0.717, 1.165) is 25.9 Å². The van der Waals surface area contributed by atoms with Crippen LogP contribution in [0.5, 0.6) is 5.88 Å². The van der Waals surface area contributed by atoms with Crippen molar-refractivity contribution < 1.29 is 4.74 Å². The van der Waals surface area contributed by atoms with Crippen LogP contribution in [0, 0.1) is 0 Å². The van der Waals surface area contributed by atoms with Crippen molar-refractivity contribution in [3.8, 4) is 5.88 Å². The molecule has 2 rings (SSSR count). The summed E-state index contributed by atoms with van der Waals surface area (Å²) in [4.78, 5) is 6.45. The fraction of sp³-hybridized carbons (Fsp3) is 0.545. The zero-order chi connectivity index (χ0) is 10.7. The first kappa shape index (κ1) is 10.2. The molecular weight excluding hydrogens is 190 g/mol. The van der Waals surface area contributed by atoms with Crippen molar-refractivity contribution in [2.24, 2.45) is 0 Å². The third-order valence-corrected chi connectivity index (χ3v) is 2.71. The second-order valence-electron chi connectivity index (χ2n) is 4.05. The Kier molecular flexibility index (Phi) is 3.06. The number of aromatic nitrogens is 1. The Morgan fingerprint density at radius 1 is 1.47 bits per heavy atom. The predicted molar refractivity (Wildman–Crippen MR) is 59.8 cm³/mol. The number of hydrogen-bond donors (Lipinski definition) is 1. The van der Waals surface area contributed by atoms with Crippen LogP contribution in [0.3, 0.4) is 0 Å². The van der Waals surface area contributed by atoms with Crippen LogP contribution in [0.15, 0.2) is 18.3 Å². The van der Waals surface area contributed by atoms with E-state index in [1.54, 1.807) is 18.3 Å². The molecule has 0 aromatic carbocycles. The van der Waals surface area contributed by atoms with E-state index in [2.05, 4.69) is 16.9 Å². The summed E-state index contributed by atoms with van der Waals surface area (Å²) in [5.41, 5.74) is 6.36. The van der Waals surface area contributed by atoms with E-state index >= 15 is 0 Å². The predicted octanol–water partition coefficient (Wildman–Crippen LogP) is 1.14. The molecule has 0 spiro atoms. The van der Waals surface area contributed by atoms with Gasteiger partial charge in [-0.1, -0.05) is 0 Å². The second-order valence-corrected chi connectivity index (χ2v) is 4.05. The van der Waals surface area contributed by atoms with E-state index in [0.29, 0.717) is 11.6 Å². The SMILES string of the molecule is CN1CCC(Oc2cc(N)ccn2)CC1. The molecule has 0 amide bonds. The Hall–Kier alpha value is -1.29. The van der Waals surface area contributed by atoms with Crippen LogP contribution in [-0.2, 0) is 0 Å². The molecule has 0 radical (unpaired) electrons. The number of pyridine rings is 1. The van der Waals surface area contributed by atoms with Gasteiger partial charge in [-0.3, -0.25) is 0 Å². The fourth-order valence-corrected chi connectivity index (χ4v) is 1.76. The number of hydrogen-bond acceptors (Lipinski definition) is 4. The molecule has 1 aliphatic rings. The smallest absolute Gasteiger partial charge is 0.215 e. The third kappa shape index (κ3) is 2.83. The van der Waals surface area contributed by atoms with Gasteiger partial charge in [0, 0.05) is 31.0 Å². The highest BCUT2D eigenvalue weighted by atomic mass is 16.5. The molecule has 4 nitrogen and oxygen atoms in total. The van der Waals surface area contributed by atoms with Crippen molar-refractivity contribution in [2.75, 3.05) is 25.9 Å². The van der Waals surface area contributed by atoms with Gasteiger partial charge in [0.15, 0.2) is 0 Å². The number of ether oxygens (including phenoxy) is 1. The normalized spacial score (nSPS) is 19.0. The molecule has 1 saturated heterocycles. The van der Waals surface area contributed by atoms with Gasteiger partial charge in [-0.25, -0.2) is 4.98 Å². The van der Waals surface area contributed by atoms with Crippen molar-refractivity contribution >= 4 is 5.69 Å². The van der Waals surface area contributed by atoms with Gasteiger partial charge in [0.25, 0.3) is 0 Å². The topological polar surface area (TPSA) is 51.4 Å². The Bertz CT molecular complexity index is 321. The van der Waals surface area contributed by atoms with E-state index in [9.17, 15) is 0 Å². The summed E-state index contributed by atoms with van der Waals surface area (Å²) >= 11 is 0. The summed E-state index contributed by atoms with van der Waals surface area (Å²) in [7, 11) is 2.13. The first-order valence-corrected chi connectivity index (χ1v) is 5.31. The molecule has 0 atom stereocenters. The maximum Gasteiger partial charge on any atom is 0.215 e. The second kappa shape index (κ2) is 4.49. The molecule has 2 heterocycles.